The van der Waals surface area contributed by atoms with Crippen molar-refractivity contribution in [3.05, 3.63) is 65.1 Å². The molecule has 2 amide bonds. The summed E-state index contributed by atoms with van der Waals surface area (Å²) in [6, 6.07) is 3.81. The smallest absolute Gasteiger partial charge is 0.394 e. The maximum atomic E-state index is 12.9. The van der Waals surface area contributed by atoms with E-state index < -0.39 is 42.4 Å². The topological polar surface area (TPSA) is 98.6 Å². The first-order valence-electron chi connectivity index (χ1n) is 8.87. The Morgan fingerprint density at radius 2 is 2.00 bits per heavy atom. The normalized spacial score (nSPS) is 20.5. The van der Waals surface area contributed by atoms with Gasteiger partial charge in [-0.25, -0.2) is 9.78 Å². The number of carbonyl (C=O) groups excluding carboxylic acids is 1. The number of aliphatic hydroxyl groups excluding tert-OH is 2. The molecule has 0 spiro atoms. The second-order valence-electron chi connectivity index (χ2n) is 6.66. The minimum absolute atomic E-state index is 0.0113. The summed E-state index contributed by atoms with van der Waals surface area (Å²) in [5.41, 5.74) is -0.288. The fourth-order valence-electron chi connectivity index (χ4n) is 3.10. The van der Waals surface area contributed by atoms with E-state index in [4.69, 9.17) is 11.6 Å². The molecule has 0 bridgehead atoms. The fraction of sp³-hybridized carbons (Fsp3) is 0.316. The van der Waals surface area contributed by atoms with Crippen molar-refractivity contribution < 1.29 is 28.2 Å². The largest absolute Gasteiger partial charge is 0.417 e. The number of alkyl halides is 3. The van der Waals surface area contributed by atoms with E-state index in [0.717, 1.165) is 12.1 Å². The summed E-state index contributed by atoms with van der Waals surface area (Å²) in [7, 11) is 0. The first kappa shape index (κ1) is 22.0. The average Bonchev–Trinajstić information content (AvgIpc) is 2.72. The SMILES string of the molecule is O=C(Nc1ccc(C(F)(F)F)cn1)N1CC([C@H](O)CO)C=C(Cl)C1c1ccncc1. The minimum Gasteiger partial charge on any atom is -0.394 e. The minimum atomic E-state index is -4.54. The third kappa shape index (κ3) is 4.89. The summed E-state index contributed by atoms with van der Waals surface area (Å²) in [5, 5.41) is 22.0. The number of nitrogens with one attached hydrogen (secondary N) is 1. The first-order valence-corrected chi connectivity index (χ1v) is 9.25. The number of rotatable bonds is 4. The summed E-state index contributed by atoms with van der Waals surface area (Å²) in [4.78, 5) is 21.8. The molecule has 3 atom stereocenters. The lowest BCUT2D eigenvalue weighted by Crippen LogP contribution is -2.46. The van der Waals surface area contributed by atoms with E-state index in [2.05, 4.69) is 15.3 Å². The van der Waals surface area contributed by atoms with Crippen LogP contribution in [0.15, 0.2) is 54.0 Å². The van der Waals surface area contributed by atoms with Crippen molar-refractivity contribution in [1.82, 2.24) is 14.9 Å². The van der Waals surface area contributed by atoms with Crippen LogP contribution in [0.5, 0.6) is 0 Å². The first-order chi connectivity index (χ1) is 14.2. The Kier molecular flexibility index (Phi) is 6.59. The van der Waals surface area contributed by atoms with Gasteiger partial charge in [-0.15, -0.1) is 0 Å². The molecule has 0 aromatic carbocycles. The third-order valence-electron chi connectivity index (χ3n) is 4.64. The number of halogens is 4. The van der Waals surface area contributed by atoms with E-state index in [1.165, 1.54) is 17.3 Å². The molecule has 30 heavy (non-hydrogen) atoms. The van der Waals surface area contributed by atoms with Gasteiger partial charge in [-0.3, -0.25) is 10.3 Å². The molecule has 0 fully saturated rings. The van der Waals surface area contributed by atoms with E-state index in [9.17, 15) is 28.2 Å². The van der Waals surface area contributed by atoms with E-state index in [1.54, 1.807) is 18.2 Å². The van der Waals surface area contributed by atoms with Gasteiger partial charge in [0.2, 0.25) is 0 Å². The number of hydrogen-bond donors (Lipinski definition) is 3. The van der Waals surface area contributed by atoms with Gasteiger partial charge < -0.3 is 15.1 Å². The van der Waals surface area contributed by atoms with E-state index in [1.807, 2.05) is 0 Å². The van der Waals surface area contributed by atoms with Crippen molar-refractivity contribution in [3.8, 4) is 0 Å². The zero-order chi connectivity index (χ0) is 21.9. The molecule has 0 radical (unpaired) electrons. The molecule has 3 rings (SSSR count). The molecule has 160 valence electrons. The zero-order valence-corrected chi connectivity index (χ0v) is 16.2. The standard InChI is InChI=1S/C19H18ClF3N4O3/c20-14-7-12(15(29)10-28)9-27(17(14)11-3-5-24-6-4-11)18(30)26-16-2-1-13(8-25-16)19(21,22)23/h1-8,12,15,17,28-29H,9-10H2,(H,25,26,30)/t12?,15-,17?/m1/s1. The number of nitrogens with zero attached hydrogens (tertiary/aromatic N) is 3. The maximum Gasteiger partial charge on any atom is 0.417 e. The van der Waals surface area contributed by atoms with Gasteiger partial charge in [-0.2, -0.15) is 13.2 Å². The molecule has 0 aliphatic carbocycles. The maximum absolute atomic E-state index is 12.9. The third-order valence-corrected chi connectivity index (χ3v) is 4.98. The number of pyridine rings is 2. The van der Waals surface area contributed by atoms with E-state index in [0.29, 0.717) is 11.8 Å². The number of carbonyl (C=O) groups is 1. The van der Waals surface area contributed by atoms with Crippen molar-refractivity contribution in [2.45, 2.75) is 18.3 Å². The van der Waals surface area contributed by atoms with Crippen molar-refractivity contribution in [2.75, 3.05) is 18.5 Å². The Morgan fingerprint density at radius 3 is 2.57 bits per heavy atom. The molecule has 2 aromatic heterocycles. The Balaban J connectivity index is 1.87. The van der Waals surface area contributed by atoms with Crippen LogP contribution in [0, 0.1) is 5.92 Å². The number of hydrogen-bond acceptors (Lipinski definition) is 5. The van der Waals surface area contributed by atoms with Crippen molar-refractivity contribution in [1.29, 1.82) is 0 Å². The highest BCUT2D eigenvalue weighted by Gasteiger charge is 2.36. The van der Waals surface area contributed by atoms with Crippen LogP contribution in [-0.4, -0.2) is 50.4 Å². The quantitative estimate of drug-likeness (QED) is 0.675. The van der Waals surface area contributed by atoms with Gasteiger partial charge >= 0.3 is 12.2 Å². The second-order valence-corrected chi connectivity index (χ2v) is 7.10. The summed E-state index contributed by atoms with van der Waals surface area (Å²) < 4.78 is 38.1. The van der Waals surface area contributed by atoms with Gasteiger partial charge in [0.1, 0.15) is 5.82 Å². The molecule has 0 saturated heterocycles. The van der Waals surface area contributed by atoms with Gasteiger partial charge in [-0.1, -0.05) is 17.7 Å². The van der Waals surface area contributed by atoms with Crippen LogP contribution in [0.4, 0.5) is 23.8 Å². The lowest BCUT2D eigenvalue weighted by atomic mass is 9.93. The number of anilines is 1. The van der Waals surface area contributed by atoms with Crippen LogP contribution in [0.2, 0.25) is 0 Å². The monoisotopic (exact) mass is 442 g/mol. The number of urea groups is 1. The Bertz CT molecular complexity index is 909. The summed E-state index contributed by atoms with van der Waals surface area (Å²) in [5.74, 6) is -0.710. The average molecular weight is 443 g/mol. The van der Waals surface area contributed by atoms with Crippen LogP contribution >= 0.6 is 11.6 Å². The Morgan fingerprint density at radius 1 is 1.30 bits per heavy atom. The number of amides is 2. The van der Waals surface area contributed by atoms with Gasteiger partial charge in [0.25, 0.3) is 0 Å². The predicted molar refractivity (Wildman–Crippen MR) is 102 cm³/mol. The Labute approximate surface area is 174 Å². The molecule has 7 nitrogen and oxygen atoms in total. The molecule has 11 heteroatoms. The van der Waals surface area contributed by atoms with Gasteiger partial charge in [-0.05, 0) is 29.8 Å². The summed E-state index contributed by atoms with van der Waals surface area (Å²) in [6.07, 6.45) is -0.425. The molecule has 3 N–H and O–H groups in total. The van der Waals surface area contributed by atoms with Crippen LogP contribution < -0.4 is 5.32 Å². The second kappa shape index (κ2) is 8.99. The van der Waals surface area contributed by atoms with Crippen LogP contribution in [-0.2, 0) is 6.18 Å². The predicted octanol–water partition coefficient (Wildman–Crippen LogP) is 3.18. The summed E-state index contributed by atoms with van der Waals surface area (Å²) >= 11 is 6.41. The number of aromatic nitrogens is 2. The number of aliphatic hydroxyl groups is 2. The fourth-order valence-corrected chi connectivity index (χ4v) is 3.51. The molecule has 1 aliphatic heterocycles. The van der Waals surface area contributed by atoms with Gasteiger partial charge in [0, 0.05) is 36.1 Å². The van der Waals surface area contributed by atoms with E-state index in [-0.39, 0.29) is 17.4 Å². The lowest BCUT2D eigenvalue weighted by molar-refractivity contribution is -0.137. The van der Waals surface area contributed by atoms with Crippen molar-refractivity contribution in [3.63, 3.8) is 0 Å². The molecular formula is C19H18ClF3N4O3. The zero-order valence-electron chi connectivity index (χ0n) is 15.4. The van der Waals surface area contributed by atoms with Crippen molar-refractivity contribution in [2.24, 2.45) is 5.92 Å². The van der Waals surface area contributed by atoms with Crippen molar-refractivity contribution >= 4 is 23.4 Å². The highest BCUT2D eigenvalue weighted by molar-refractivity contribution is 6.30. The van der Waals surface area contributed by atoms with Crippen LogP contribution in [0.3, 0.4) is 0 Å². The molecule has 1 aliphatic rings. The molecule has 3 heterocycles. The molecule has 2 unspecified atom stereocenters. The highest BCUT2D eigenvalue weighted by atomic mass is 35.5. The van der Waals surface area contributed by atoms with Gasteiger partial charge in [0.05, 0.1) is 24.3 Å². The summed E-state index contributed by atoms with van der Waals surface area (Å²) in [6.45, 7) is -0.515. The lowest BCUT2D eigenvalue weighted by Gasteiger charge is -2.39. The van der Waals surface area contributed by atoms with Gasteiger partial charge in [0.15, 0.2) is 0 Å². The molecule has 0 saturated carbocycles. The van der Waals surface area contributed by atoms with Crippen LogP contribution in [0.25, 0.3) is 0 Å². The Hall–Kier alpha value is -2.69. The molecular weight excluding hydrogens is 425 g/mol. The van der Waals surface area contributed by atoms with E-state index >= 15 is 0 Å². The van der Waals surface area contributed by atoms with Crippen LogP contribution in [0.1, 0.15) is 17.2 Å². The molecule has 2 aromatic rings. The highest BCUT2D eigenvalue weighted by Crippen LogP contribution is 2.37.